The van der Waals surface area contributed by atoms with Gasteiger partial charge in [-0.15, -0.1) is 0 Å². The van der Waals surface area contributed by atoms with Crippen molar-refractivity contribution in [2.45, 2.75) is 24.9 Å². The Morgan fingerprint density at radius 3 is 2.68 bits per heavy atom. The number of likely N-dealkylation sites (tertiary alicyclic amines) is 1. The normalized spacial score (nSPS) is 24.6. The zero-order valence-electron chi connectivity index (χ0n) is 13.8. The number of carbonyl (C=O) groups is 3. The molecule has 3 atom stereocenters. The molecule has 0 bridgehead atoms. The number of piperidine rings is 1. The second kappa shape index (κ2) is 6.54. The summed E-state index contributed by atoms with van der Waals surface area (Å²) in [6, 6.07) is 6.21. The maximum Gasteiger partial charge on any atom is 0.326 e. The molecule has 2 fully saturated rings. The minimum absolute atomic E-state index is 0.0454. The topological polar surface area (TPSA) is 125 Å². The Morgan fingerprint density at radius 1 is 1.32 bits per heavy atom. The molecule has 1 aromatic rings. The van der Waals surface area contributed by atoms with Crippen LogP contribution in [0.2, 0.25) is 0 Å². The first-order chi connectivity index (χ1) is 11.9. The van der Waals surface area contributed by atoms with Gasteiger partial charge in [0.15, 0.2) is 0 Å². The number of nitrogens with zero attached hydrogens (tertiary/aromatic N) is 2. The first kappa shape index (κ1) is 16.9. The number of amides is 2. The van der Waals surface area contributed by atoms with Gasteiger partial charge in [0, 0.05) is 24.3 Å². The van der Waals surface area contributed by atoms with Gasteiger partial charge >= 0.3 is 5.97 Å². The summed E-state index contributed by atoms with van der Waals surface area (Å²) < 4.78 is 0. The molecule has 132 valence electrons. The molecule has 2 aliphatic rings. The van der Waals surface area contributed by atoms with E-state index in [0.29, 0.717) is 23.6 Å². The molecule has 1 saturated heterocycles. The number of anilines is 1. The van der Waals surface area contributed by atoms with Gasteiger partial charge in [-0.1, -0.05) is 18.2 Å². The fourth-order valence-electron chi connectivity index (χ4n) is 3.50. The van der Waals surface area contributed by atoms with E-state index in [-0.39, 0.29) is 24.2 Å². The third-order valence-corrected chi connectivity index (χ3v) is 4.75. The number of fused-ring (bicyclic) bond motifs is 1. The fraction of sp³-hybridized carbons (Fsp3) is 0.412. The first-order valence-corrected chi connectivity index (χ1v) is 8.07. The van der Waals surface area contributed by atoms with Crippen molar-refractivity contribution in [3.63, 3.8) is 0 Å². The van der Waals surface area contributed by atoms with E-state index in [9.17, 15) is 19.5 Å². The SMILES string of the molecule is CN=C(C(N)=O)c1ccccc1NCC(=O)N1C(C(=O)O)CC2CC21. The molecule has 1 aliphatic heterocycles. The van der Waals surface area contributed by atoms with Gasteiger partial charge in [-0.2, -0.15) is 0 Å². The molecule has 0 spiro atoms. The molecule has 1 aliphatic carbocycles. The van der Waals surface area contributed by atoms with Gasteiger partial charge in [-0.3, -0.25) is 14.6 Å². The molecule has 2 amide bonds. The highest BCUT2D eigenvalue weighted by molar-refractivity contribution is 6.46. The number of hydrogen-bond donors (Lipinski definition) is 3. The summed E-state index contributed by atoms with van der Waals surface area (Å²) >= 11 is 0. The average Bonchev–Trinajstić information content (AvgIpc) is 3.23. The van der Waals surface area contributed by atoms with Gasteiger partial charge in [0.25, 0.3) is 5.91 Å². The lowest BCUT2D eigenvalue weighted by Crippen LogP contribution is -2.45. The number of aliphatic imine (C=N–C) groups is 1. The molecule has 1 saturated carbocycles. The Kier molecular flexibility index (Phi) is 4.43. The zero-order chi connectivity index (χ0) is 18.1. The van der Waals surface area contributed by atoms with Crippen molar-refractivity contribution in [2.24, 2.45) is 16.6 Å². The molecule has 25 heavy (non-hydrogen) atoms. The number of hydrogen-bond acceptors (Lipinski definition) is 5. The predicted octanol–water partition coefficient (Wildman–Crippen LogP) is 0.0767. The highest BCUT2D eigenvalue weighted by Crippen LogP contribution is 2.47. The van der Waals surface area contributed by atoms with Crippen molar-refractivity contribution in [3.05, 3.63) is 29.8 Å². The largest absolute Gasteiger partial charge is 0.480 e. The predicted molar refractivity (Wildman–Crippen MR) is 91.4 cm³/mol. The van der Waals surface area contributed by atoms with Crippen LogP contribution in [-0.4, -0.2) is 59.2 Å². The molecule has 8 heteroatoms. The Hall–Kier alpha value is -2.90. The van der Waals surface area contributed by atoms with Crippen LogP contribution in [0.5, 0.6) is 0 Å². The van der Waals surface area contributed by atoms with Gasteiger partial charge in [0.2, 0.25) is 5.91 Å². The van der Waals surface area contributed by atoms with Crippen molar-refractivity contribution in [1.29, 1.82) is 0 Å². The number of nitrogens with one attached hydrogen (secondary N) is 1. The lowest BCUT2D eigenvalue weighted by molar-refractivity contribution is -0.148. The van der Waals surface area contributed by atoms with Crippen LogP contribution < -0.4 is 11.1 Å². The lowest BCUT2D eigenvalue weighted by Gasteiger charge is -2.25. The van der Waals surface area contributed by atoms with Crippen molar-refractivity contribution in [3.8, 4) is 0 Å². The average molecular weight is 344 g/mol. The summed E-state index contributed by atoms with van der Waals surface area (Å²) in [4.78, 5) is 40.8. The minimum atomic E-state index is -0.963. The highest BCUT2D eigenvalue weighted by Gasteiger charge is 2.56. The van der Waals surface area contributed by atoms with E-state index in [1.54, 1.807) is 24.3 Å². The van der Waals surface area contributed by atoms with E-state index in [1.807, 2.05) is 0 Å². The summed E-state index contributed by atoms with van der Waals surface area (Å²) in [5, 5.41) is 12.3. The molecule has 0 aromatic heterocycles. The van der Waals surface area contributed by atoms with Gasteiger partial charge in [-0.05, 0) is 24.8 Å². The van der Waals surface area contributed by atoms with Crippen LogP contribution in [-0.2, 0) is 14.4 Å². The minimum Gasteiger partial charge on any atom is -0.480 e. The molecule has 4 N–H and O–H groups in total. The van der Waals surface area contributed by atoms with Gasteiger partial charge < -0.3 is 21.1 Å². The summed E-state index contributed by atoms with van der Waals surface area (Å²) in [7, 11) is 1.47. The van der Waals surface area contributed by atoms with E-state index in [2.05, 4.69) is 10.3 Å². The standard InChI is InChI=1S/C17H20N4O4/c1-19-15(16(18)23)10-4-2-3-5-11(10)20-8-14(22)21-12-6-9(12)7-13(21)17(24)25/h2-5,9,12-13,20H,6-8H2,1H3,(H2,18,23)(H,24,25). The third-order valence-electron chi connectivity index (χ3n) is 4.75. The van der Waals surface area contributed by atoms with Crippen LogP contribution in [0.15, 0.2) is 29.3 Å². The van der Waals surface area contributed by atoms with Crippen molar-refractivity contribution < 1.29 is 19.5 Å². The molecular weight excluding hydrogens is 324 g/mol. The molecule has 0 radical (unpaired) electrons. The Morgan fingerprint density at radius 2 is 2.04 bits per heavy atom. The van der Waals surface area contributed by atoms with E-state index in [1.165, 1.54) is 11.9 Å². The summed E-state index contributed by atoms with van der Waals surface area (Å²) in [6.45, 7) is -0.0558. The smallest absolute Gasteiger partial charge is 0.326 e. The first-order valence-electron chi connectivity index (χ1n) is 8.07. The zero-order valence-corrected chi connectivity index (χ0v) is 13.8. The highest BCUT2D eigenvalue weighted by atomic mass is 16.4. The number of rotatable bonds is 6. The number of carboxylic acid groups (broad SMARTS) is 1. The maximum atomic E-state index is 12.5. The van der Waals surface area contributed by atoms with Crippen LogP contribution in [0.25, 0.3) is 0 Å². The van der Waals surface area contributed by atoms with Crippen molar-refractivity contribution in [1.82, 2.24) is 4.90 Å². The monoisotopic (exact) mass is 344 g/mol. The summed E-state index contributed by atoms with van der Waals surface area (Å²) in [5.41, 5.74) is 6.51. The Labute approximate surface area is 144 Å². The molecule has 1 heterocycles. The van der Waals surface area contributed by atoms with Crippen molar-refractivity contribution >= 4 is 29.2 Å². The van der Waals surface area contributed by atoms with E-state index in [0.717, 1.165) is 6.42 Å². The van der Waals surface area contributed by atoms with E-state index < -0.39 is 17.9 Å². The number of carbonyl (C=O) groups excluding carboxylic acids is 2. The second-order valence-electron chi connectivity index (χ2n) is 6.29. The Balaban J connectivity index is 1.73. The quantitative estimate of drug-likeness (QED) is 0.630. The number of benzene rings is 1. The van der Waals surface area contributed by atoms with Gasteiger partial charge in [0.1, 0.15) is 11.8 Å². The fourth-order valence-corrected chi connectivity index (χ4v) is 3.50. The number of nitrogens with two attached hydrogens (primary N) is 1. The number of para-hydroxylation sites is 1. The van der Waals surface area contributed by atoms with E-state index >= 15 is 0 Å². The molecular formula is C17H20N4O4. The number of aliphatic carboxylic acids is 1. The number of primary amides is 1. The Bertz CT molecular complexity index is 761. The maximum absolute atomic E-state index is 12.5. The van der Waals surface area contributed by atoms with Crippen LogP contribution >= 0.6 is 0 Å². The second-order valence-corrected chi connectivity index (χ2v) is 6.29. The van der Waals surface area contributed by atoms with Crippen molar-refractivity contribution in [2.75, 3.05) is 18.9 Å². The summed E-state index contributed by atoms with van der Waals surface area (Å²) in [5.74, 6) is -1.57. The van der Waals surface area contributed by atoms with Gasteiger partial charge in [-0.25, -0.2) is 4.79 Å². The summed E-state index contributed by atoms with van der Waals surface area (Å²) in [6.07, 6.45) is 1.40. The molecule has 3 rings (SSSR count). The van der Waals surface area contributed by atoms with E-state index in [4.69, 9.17) is 5.73 Å². The molecule has 8 nitrogen and oxygen atoms in total. The van der Waals surface area contributed by atoms with Gasteiger partial charge in [0.05, 0.1) is 6.54 Å². The van der Waals surface area contributed by atoms with Crippen LogP contribution in [0.4, 0.5) is 5.69 Å². The third kappa shape index (κ3) is 3.19. The lowest BCUT2D eigenvalue weighted by atomic mass is 10.1. The number of carboxylic acids is 1. The van der Waals surface area contributed by atoms with Crippen LogP contribution in [0.1, 0.15) is 18.4 Å². The van der Waals surface area contributed by atoms with Crippen LogP contribution in [0, 0.1) is 5.92 Å². The molecule has 1 aromatic carbocycles. The molecule has 3 unspecified atom stereocenters. The van der Waals surface area contributed by atoms with Crippen LogP contribution in [0.3, 0.4) is 0 Å².